The fourth-order valence-electron chi connectivity index (χ4n) is 1.53. The van der Waals surface area contributed by atoms with Crippen molar-refractivity contribution in [1.29, 1.82) is 0 Å². The predicted molar refractivity (Wildman–Crippen MR) is 63.1 cm³/mol. The van der Waals surface area contributed by atoms with Gasteiger partial charge in [-0.25, -0.2) is 0 Å². The van der Waals surface area contributed by atoms with Gasteiger partial charge in [-0.15, -0.1) is 35.3 Å². The van der Waals surface area contributed by atoms with E-state index in [2.05, 4.69) is 41.9 Å². The molecule has 1 atom stereocenters. The van der Waals surface area contributed by atoms with E-state index in [4.69, 9.17) is 0 Å². The Kier molecular flexibility index (Phi) is 3.03. The number of thioether (sulfide) groups is 3. The van der Waals surface area contributed by atoms with Crippen LogP contribution in [-0.4, -0.2) is 20.8 Å². The van der Waals surface area contributed by atoms with E-state index in [9.17, 15) is 0 Å². The highest BCUT2D eigenvalue weighted by Crippen LogP contribution is 2.49. The predicted octanol–water partition coefficient (Wildman–Crippen LogP) is 3.59. The van der Waals surface area contributed by atoms with Crippen LogP contribution in [0.2, 0.25) is 0 Å². The van der Waals surface area contributed by atoms with Crippen LogP contribution in [0.3, 0.4) is 0 Å². The van der Waals surface area contributed by atoms with Gasteiger partial charge in [0, 0.05) is 4.75 Å². The maximum Gasteiger partial charge on any atom is 0.0652 e. The lowest BCUT2D eigenvalue weighted by Crippen LogP contribution is -2.31. The van der Waals surface area contributed by atoms with E-state index in [1.807, 2.05) is 11.8 Å². The zero-order chi connectivity index (χ0) is 8.44. The van der Waals surface area contributed by atoms with Crippen molar-refractivity contribution in [2.75, 3.05) is 11.5 Å². The SMILES string of the molecule is CC1(C2SCCCS2)CC=CS1. The van der Waals surface area contributed by atoms with E-state index in [0.717, 1.165) is 4.58 Å². The summed E-state index contributed by atoms with van der Waals surface area (Å²) in [7, 11) is 0. The monoisotopic (exact) mass is 218 g/mol. The Morgan fingerprint density at radius 2 is 2.08 bits per heavy atom. The van der Waals surface area contributed by atoms with E-state index in [0.29, 0.717) is 4.75 Å². The van der Waals surface area contributed by atoms with Crippen molar-refractivity contribution < 1.29 is 0 Å². The van der Waals surface area contributed by atoms with Crippen molar-refractivity contribution in [2.45, 2.75) is 29.1 Å². The summed E-state index contributed by atoms with van der Waals surface area (Å²) in [6.45, 7) is 2.41. The van der Waals surface area contributed by atoms with E-state index >= 15 is 0 Å². The van der Waals surface area contributed by atoms with Crippen LogP contribution in [0.4, 0.5) is 0 Å². The summed E-state index contributed by atoms with van der Waals surface area (Å²) in [5.74, 6) is 2.74. The minimum Gasteiger partial charge on any atom is -0.146 e. The van der Waals surface area contributed by atoms with Gasteiger partial charge in [-0.3, -0.25) is 0 Å². The van der Waals surface area contributed by atoms with Crippen molar-refractivity contribution in [2.24, 2.45) is 0 Å². The fourth-order valence-corrected chi connectivity index (χ4v) is 6.17. The minimum atomic E-state index is 0.496. The van der Waals surface area contributed by atoms with Crippen molar-refractivity contribution >= 4 is 35.3 Å². The molecule has 0 nitrogen and oxygen atoms in total. The first-order valence-corrected chi connectivity index (χ1v) is 7.35. The molecule has 2 rings (SSSR count). The van der Waals surface area contributed by atoms with E-state index in [1.165, 1.54) is 24.3 Å². The Morgan fingerprint density at radius 1 is 1.33 bits per heavy atom. The van der Waals surface area contributed by atoms with E-state index in [1.54, 1.807) is 0 Å². The first-order chi connectivity index (χ1) is 5.81. The first kappa shape index (κ1) is 9.35. The summed E-state index contributed by atoms with van der Waals surface area (Å²) in [5.41, 5.74) is 0. The highest BCUT2D eigenvalue weighted by atomic mass is 32.2. The van der Waals surface area contributed by atoms with Gasteiger partial charge in [-0.05, 0) is 36.7 Å². The Morgan fingerprint density at radius 3 is 2.67 bits per heavy atom. The van der Waals surface area contributed by atoms with Crippen LogP contribution in [0.15, 0.2) is 11.5 Å². The third kappa shape index (κ3) is 1.83. The standard InChI is InChI=1S/C9H14S3/c1-9(4-2-7-12-9)8-10-5-3-6-11-8/h2,7-8H,3-6H2,1H3. The first-order valence-electron chi connectivity index (χ1n) is 4.37. The maximum absolute atomic E-state index is 2.41. The summed E-state index contributed by atoms with van der Waals surface area (Å²) in [5, 5.41) is 2.27. The van der Waals surface area contributed by atoms with Crippen LogP contribution in [0.5, 0.6) is 0 Å². The summed E-state index contributed by atoms with van der Waals surface area (Å²) < 4.78 is 1.32. The lowest BCUT2D eigenvalue weighted by Gasteiger charge is -2.34. The average molecular weight is 218 g/mol. The molecule has 3 heteroatoms. The average Bonchev–Trinajstić information content (AvgIpc) is 2.55. The van der Waals surface area contributed by atoms with Gasteiger partial charge >= 0.3 is 0 Å². The molecule has 0 bridgehead atoms. The largest absolute Gasteiger partial charge is 0.146 e. The minimum absolute atomic E-state index is 0.496. The Bertz CT molecular complexity index is 174. The normalized spacial score (nSPS) is 37.4. The molecule has 0 aromatic rings. The molecule has 1 unspecified atom stereocenters. The molecule has 2 heterocycles. The zero-order valence-electron chi connectivity index (χ0n) is 7.29. The third-order valence-corrected chi connectivity index (χ3v) is 7.36. The van der Waals surface area contributed by atoms with Crippen molar-refractivity contribution in [3.05, 3.63) is 11.5 Å². The van der Waals surface area contributed by atoms with Gasteiger partial charge in [0.15, 0.2) is 0 Å². The van der Waals surface area contributed by atoms with E-state index in [-0.39, 0.29) is 0 Å². The molecule has 0 aliphatic carbocycles. The number of hydrogen-bond acceptors (Lipinski definition) is 3. The van der Waals surface area contributed by atoms with Crippen molar-refractivity contribution in [3.8, 4) is 0 Å². The van der Waals surface area contributed by atoms with Crippen molar-refractivity contribution in [1.82, 2.24) is 0 Å². The van der Waals surface area contributed by atoms with Gasteiger partial charge in [0.25, 0.3) is 0 Å². The number of rotatable bonds is 1. The lowest BCUT2D eigenvalue weighted by atomic mass is 10.1. The molecule has 68 valence electrons. The molecule has 0 radical (unpaired) electrons. The van der Waals surface area contributed by atoms with E-state index < -0.39 is 0 Å². The lowest BCUT2D eigenvalue weighted by molar-refractivity contribution is 0.722. The molecule has 2 aliphatic rings. The highest BCUT2D eigenvalue weighted by molar-refractivity contribution is 8.19. The number of allylic oxidation sites excluding steroid dienone is 1. The molecule has 0 saturated carbocycles. The molecular weight excluding hydrogens is 204 g/mol. The second-order valence-electron chi connectivity index (χ2n) is 3.43. The molecule has 0 aromatic heterocycles. The quantitative estimate of drug-likeness (QED) is 0.660. The van der Waals surface area contributed by atoms with Crippen LogP contribution in [-0.2, 0) is 0 Å². The Balaban J connectivity index is 1.97. The Labute approximate surface area is 87.3 Å². The second kappa shape index (κ2) is 3.89. The summed E-state index contributed by atoms with van der Waals surface area (Å²) in [6, 6.07) is 0. The molecule has 0 amide bonds. The van der Waals surface area contributed by atoms with Gasteiger partial charge in [0.1, 0.15) is 0 Å². The van der Waals surface area contributed by atoms with Gasteiger partial charge in [-0.2, -0.15) is 0 Å². The molecule has 1 saturated heterocycles. The van der Waals surface area contributed by atoms with Gasteiger partial charge in [0.05, 0.1) is 4.58 Å². The molecule has 12 heavy (non-hydrogen) atoms. The second-order valence-corrected chi connectivity index (χ2v) is 7.60. The number of hydrogen-bond donors (Lipinski definition) is 0. The van der Waals surface area contributed by atoms with Crippen LogP contribution in [0.1, 0.15) is 19.8 Å². The van der Waals surface area contributed by atoms with Crippen molar-refractivity contribution in [3.63, 3.8) is 0 Å². The molecule has 0 spiro atoms. The topological polar surface area (TPSA) is 0 Å². The maximum atomic E-state index is 2.41. The van der Waals surface area contributed by atoms with Crippen LogP contribution >= 0.6 is 35.3 Å². The fraction of sp³-hybridized carbons (Fsp3) is 0.778. The van der Waals surface area contributed by atoms with Crippen LogP contribution in [0.25, 0.3) is 0 Å². The summed E-state index contributed by atoms with van der Waals surface area (Å²) >= 11 is 6.35. The molecule has 0 aromatic carbocycles. The molecule has 2 aliphatic heterocycles. The molecule has 0 N–H and O–H groups in total. The van der Waals surface area contributed by atoms with Gasteiger partial charge in [0.2, 0.25) is 0 Å². The summed E-state index contributed by atoms with van der Waals surface area (Å²) in [4.78, 5) is 0. The third-order valence-electron chi connectivity index (χ3n) is 2.28. The van der Waals surface area contributed by atoms with Gasteiger partial charge < -0.3 is 0 Å². The molecule has 1 fully saturated rings. The smallest absolute Gasteiger partial charge is 0.0652 e. The highest BCUT2D eigenvalue weighted by Gasteiger charge is 2.37. The zero-order valence-corrected chi connectivity index (χ0v) is 9.73. The van der Waals surface area contributed by atoms with Crippen LogP contribution in [0, 0.1) is 0 Å². The summed E-state index contributed by atoms with van der Waals surface area (Å²) in [6.07, 6.45) is 4.99. The molecular formula is C9H14S3. The Hall–Kier alpha value is 0.790. The van der Waals surface area contributed by atoms with Crippen LogP contribution < -0.4 is 0 Å². The van der Waals surface area contributed by atoms with Gasteiger partial charge in [-0.1, -0.05) is 6.08 Å².